The van der Waals surface area contributed by atoms with E-state index in [-0.39, 0.29) is 95.0 Å². The third kappa shape index (κ3) is 14.9. The topological polar surface area (TPSA) is 378 Å². The molecule has 4 fully saturated rings. The summed E-state index contributed by atoms with van der Waals surface area (Å²) in [6.45, 7) is 9.04. The Hall–Kier alpha value is -7.12. The van der Waals surface area contributed by atoms with Gasteiger partial charge in [-0.15, -0.1) is 0 Å². The van der Waals surface area contributed by atoms with Gasteiger partial charge in [-0.1, -0.05) is 69.9 Å². The summed E-state index contributed by atoms with van der Waals surface area (Å²) >= 11 is 0. The number of amides is 8. The van der Waals surface area contributed by atoms with Gasteiger partial charge in [0.05, 0.1) is 18.2 Å². The lowest BCUT2D eigenvalue weighted by molar-refractivity contribution is -0.200. The van der Waals surface area contributed by atoms with Crippen molar-refractivity contribution in [2.24, 2.45) is 51.1 Å². The Morgan fingerprint density at radius 3 is 2.30 bits per heavy atom. The number of nitrogens with two attached hydrogens (primary N) is 2. The number of ether oxygens (including phenoxy) is 4. The number of nitrogens with zero attached hydrogens (tertiary/aromatic N) is 5. The molecule has 1 aromatic carbocycles. The highest BCUT2D eigenvalue weighted by molar-refractivity contribution is 6.01. The van der Waals surface area contributed by atoms with Crippen LogP contribution in [0, 0.1) is 34.5 Å². The summed E-state index contributed by atoms with van der Waals surface area (Å²) in [6.07, 6.45) is 5.34. The van der Waals surface area contributed by atoms with Gasteiger partial charge in [0.25, 0.3) is 0 Å². The highest BCUT2D eigenvalue weighted by Gasteiger charge is 2.76. The van der Waals surface area contributed by atoms with Crippen LogP contribution in [-0.2, 0) is 54.3 Å². The first-order valence-electron chi connectivity index (χ1n) is 28.2. The quantitative estimate of drug-likeness (QED) is 0.0270. The van der Waals surface area contributed by atoms with Crippen LogP contribution >= 0.6 is 0 Å². The minimum absolute atomic E-state index is 0.0210. The second kappa shape index (κ2) is 28.2. The summed E-state index contributed by atoms with van der Waals surface area (Å²) < 4.78 is 24.4. The summed E-state index contributed by atoms with van der Waals surface area (Å²) in [4.78, 5) is 122. The zero-order valence-electron chi connectivity index (χ0n) is 48.0. The summed E-state index contributed by atoms with van der Waals surface area (Å²) in [5.74, 6) is -3.46. The third-order valence-electron chi connectivity index (χ3n) is 17.0. The molecule has 0 bridgehead atoms. The second-order valence-corrected chi connectivity index (χ2v) is 22.9. The predicted molar refractivity (Wildman–Crippen MR) is 297 cm³/mol. The Balaban J connectivity index is 0.972. The van der Waals surface area contributed by atoms with E-state index in [1.165, 1.54) is 23.9 Å². The van der Waals surface area contributed by atoms with Crippen LogP contribution in [0.5, 0.6) is 0 Å². The number of ketones is 2. The van der Waals surface area contributed by atoms with Crippen LogP contribution in [-0.4, -0.2) is 164 Å². The van der Waals surface area contributed by atoms with Gasteiger partial charge in [0, 0.05) is 80.6 Å². The van der Waals surface area contributed by atoms with Crippen molar-refractivity contribution >= 4 is 59.1 Å². The van der Waals surface area contributed by atoms with Crippen LogP contribution < -0.4 is 38.1 Å². The van der Waals surface area contributed by atoms with Crippen molar-refractivity contribution in [2.45, 2.75) is 148 Å². The van der Waals surface area contributed by atoms with E-state index in [1.807, 2.05) is 19.9 Å². The number of benzene rings is 1. The number of urea groups is 1. The molecule has 1 unspecified atom stereocenters. The number of likely N-dealkylation sites (N-methyl/N-ethyl adjacent to an activating group) is 2. The van der Waals surface area contributed by atoms with E-state index in [9.17, 15) is 48.3 Å². The van der Waals surface area contributed by atoms with Crippen molar-refractivity contribution in [3.05, 3.63) is 64.1 Å². The molecular weight excluding hydrogens is 1060 g/mol. The van der Waals surface area contributed by atoms with Crippen molar-refractivity contribution in [1.29, 1.82) is 0 Å². The van der Waals surface area contributed by atoms with Gasteiger partial charge in [0.15, 0.2) is 24.3 Å². The van der Waals surface area contributed by atoms with Crippen LogP contribution in [0.2, 0.25) is 0 Å². The number of carbonyl (C=O) groups excluding carboxylic acids is 9. The fraction of sp³-hybridized carbons (Fsp3) is 0.661. The maximum absolute atomic E-state index is 14.7. The van der Waals surface area contributed by atoms with Crippen LogP contribution in [0.15, 0.2) is 53.2 Å². The predicted octanol–water partition coefficient (Wildman–Crippen LogP) is 3.61. The molecular formula is C56H82N12O14. The Bertz CT molecular complexity index is 2650. The molecule has 0 spiro atoms. The lowest BCUT2D eigenvalue weighted by Crippen LogP contribution is -2.63. The van der Waals surface area contributed by atoms with Crippen molar-refractivity contribution in [3.63, 3.8) is 0 Å². The number of allylic oxidation sites excluding steroid dienone is 4. The summed E-state index contributed by atoms with van der Waals surface area (Å²) in [5, 5.41) is 28.4. The Morgan fingerprint density at radius 2 is 1.65 bits per heavy atom. The zero-order valence-corrected chi connectivity index (χ0v) is 48.0. The number of primary amides is 1. The second-order valence-electron chi connectivity index (χ2n) is 22.9. The first kappa shape index (κ1) is 64.1. The average molecular weight is 1150 g/mol. The SMILES string of the molecule is CCCC1O[C@@H]2C[C@H]3[C@@H]4CCC5=CC(=O)C=C[C@]5(C)[C@H]4[C@@H](O)C[C@]3(C)[C@]2(C(=O)COC(=O)N(C)CCN(C)C(=O)OCc2ccc(NC(=O)[C@H](CCCNC(N)=O)NC(=O)[C@@H](NC(=O)CC[C@@H](N)C(=O)NCCN=[N+]=[N-])C(C)C)cc2)O1. The van der Waals surface area contributed by atoms with E-state index < -0.39 is 113 Å². The van der Waals surface area contributed by atoms with Crippen molar-refractivity contribution in [3.8, 4) is 0 Å². The highest BCUT2D eigenvalue weighted by atomic mass is 16.7. The number of carbonyl (C=O) groups is 9. The first-order valence-corrected chi connectivity index (χ1v) is 28.2. The van der Waals surface area contributed by atoms with E-state index in [4.69, 9.17) is 35.9 Å². The lowest BCUT2D eigenvalue weighted by atomic mass is 9.46. The first-order chi connectivity index (χ1) is 38.9. The van der Waals surface area contributed by atoms with E-state index in [0.717, 1.165) is 18.4 Å². The maximum atomic E-state index is 14.7. The molecule has 5 aliphatic rings. The van der Waals surface area contributed by atoms with Gasteiger partial charge in [0.1, 0.15) is 18.7 Å². The molecule has 1 heterocycles. The molecule has 26 nitrogen and oxygen atoms in total. The van der Waals surface area contributed by atoms with E-state index in [0.29, 0.717) is 30.5 Å². The fourth-order valence-electron chi connectivity index (χ4n) is 12.7. The van der Waals surface area contributed by atoms with E-state index in [2.05, 4.69) is 43.5 Å². The van der Waals surface area contributed by atoms with Gasteiger partial charge >= 0.3 is 18.2 Å². The summed E-state index contributed by atoms with van der Waals surface area (Å²) in [6, 6.07) is 2.38. The number of aliphatic hydroxyl groups excluding tert-OH is 1. The molecule has 3 saturated carbocycles. The number of hydrogen-bond acceptors (Lipinski definition) is 16. The molecule has 4 aliphatic carbocycles. The number of nitrogens with one attached hydrogen (secondary N) is 5. The van der Waals surface area contributed by atoms with Crippen LogP contribution in [0.4, 0.5) is 20.1 Å². The lowest BCUT2D eigenvalue weighted by Gasteiger charge is -2.59. The Morgan fingerprint density at radius 1 is 0.951 bits per heavy atom. The van der Waals surface area contributed by atoms with Gasteiger partial charge in [-0.25, -0.2) is 14.4 Å². The van der Waals surface area contributed by atoms with Crippen LogP contribution in [0.25, 0.3) is 10.4 Å². The smallest absolute Gasteiger partial charge is 0.409 e. The molecule has 1 aromatic rings. The Labute approximate surface area is 477 Å². The number of anilines is 1. The molecule has 82 heavy (non-hydrogen) atoms. The molecule has 0 aromatic heterocycles. The van der Waals surface area contributed by atoms with Crippen molar-refractivity contribution in [2.75, 3.05) is 58.7 Å². The fourth-order valence-corrected chi connectivity index (χ4v) is 12.7. The number of azide groups is 1. The van der Waals surface area contributed by atoms with Gasteiger partial charge in [-0.05, 0) is 104 Å². The maximum Gasteiger partial charge on any atom is 0.409 e. The molecule has 0 radical (unpaired) electrons. The molecule has 1 aliphatic heterocycles. The van der Waals surface area contributed by atoms with E-state index >= 15 is 0 Å². The number of fused-ring (bicyclic) bond motifs is 7. The Kier molecular flexibility index (Phi) is 22.1. The van der Waals surface area contributed by atoms with Crippen molar-refractivity contribution < 1.29 is 67.2 Å². The van der Waals surface area contributed by atoms with E-state index in [1.54, 1.807) is 50.3 Å². The number of aliphatic hydroxyl groups is 1. The van der Waals surface area contributed by atoms with Gasteiger partial charge in [-0.2, -0.15) is 0 Å². The molecule has 6 rings (SSSR count). The normalized spacial score (nSPS) is 26.8. The molecule has 8 amide bonds. The van der Waals surface area contributed by atoms with Gasteiger partial charge in [0.2, 0.25) is 29.4 Å². The van der Waals surface area contributed by atoms with Crippen LogP contribution in [0.3, 0.4) is 0 Å². The monoisotopic (exact) mass is 1150 g/mol. The molecule has 450 valence electrons. The third-order valence-corrected chi connectivity index (χ3v) is 17.0. The summed E-state index contributed by atoms with van der Waals surface area (Å²) in [7, 11) is 2.98. The molecule has 1 saturated heterocycles. The van der Waals surface area contributed by atoms with Crippen molar-refractivity contribution in [1.82, 2.24) is 31.1 Å². The number of Topliss-reactive ketones (excluding diaryl/α,β-unsaturated/α-hetero) is 1. The highest BCUT2D eigenvalue weighted by Crippen LogP contribution is 2.69. The molecule has 10 N–H and O–H groups in total. The largest absolute Gasteiger partial charge is 0.445 e. The zero-order chi connectivity index (χ0) is 60.1. The molecule has 26 heteroatoms. The number of hydrogen-bond donors (Lipinski definition) is 8. The standard InChI is InChI=1S/C56H82N12O14/c1-8-10-45-81-43-28-38-37-17-14-34-27-36(69)20-21-54(34,4)46(37)41(70)29-55(38,5)56(43,82-45)42(71)31-80-53(78)68(7)26-25-67(6)52(77)79-30-33-12-15-35(16-13-33)63-49(74)40(11-9-22-61-51(58)76)64-50(75)47(32(2)3)65-44(72)19-18-39(57)48(73)60-23-24-62-66-59/h12-13,15-16,20-21,27,32,37-41,43,45-47,70H,8-11,14,17-19,22-26,28-31,57H2,1-7H3,(H,60,73)(H,63,74)(H,64,75)(H,65,72)(H3,58,61,76)/t37-,38-,39+,40-,41-,43+,45?,46+,47-,54-,55-,56+/m0/s1. The minimum Gasteiger partial charge on any atom is -0.445 e. The van der Waals surface area contributed by atoms with Crippen LogP contribution in [0.1, 0.15) is 104 Å². The minimum atomic E-state index is -1.47. The average Bonchev–Trinajstić information content (AvgIpc) is 1.56. The number of rotatable bonds is 27. The molecule has 12 atom stereocenters. The van der Waals surface area contributed by atoms with Gasteiger partial charge in [-0.3, -0.25) is 28.8 Å². The van der Waals surface area contributed by atoms with Gasteiger partial charge < -0.3 is 71.9 Å². The summed E-state index contributed by atoms with van der Waals surface area (Å²) in [5.41, 5.74) is 18.6.